The van der Waals surface area contributed by atoms with Gasteiger partial charge in [-0.1, -0.05) is 12.8 Å². The first-order chi connectivity index (χ1) is 13.2. The summed E-state index contributed by atoms with van der Waals surface area (Å²) in [4.78, 5) is 26.1. The van der Waals surface area contributed by atoms with Crippen LogP contribution in [0, 0.1) is 5.92 Å². The van der Waals surface area contributed by atoms with Crippen molar-refractivity contribution in [2.24, 2.45) is 13.0 Å². The van der Waals surface area contributed by atoms with Gasteiger partial charge in [-0.2, -0.15) is 5.10 Å². The lowest BCUT2D eigenvalue weighted by Crippen LogP contribution is -2.53. The van der Waals surface area contributed by atoms with E-state index in [4.69, 9.17) is 0 Å². The Balaban J connectivity index is 0.00000120. The van der Waals surface area contributed by atoms with Crippen molar-refractivity contribution < 1.29 is 4.79 Å². The van der Waals surface area contributed by atoms with Crippen LogP contribution in [-0.2, 0) is 11.8 Å². The molecular formula is C19H29Cl2N7O. The average Bonchev–Trinajstić information content (AvgIpc) is 3.31. The molecule has 29 heavy (non-hydrogen) atoms. The van der Waals surface area contributed by atoms with Gasteiger partial charge in [0.2, 0.25) is 5.91 Å². The second-order valence-electron chi connectivity index (χ2n) is 8.12. The molecule has 3 aliphatic rings. The van der Waals surface area contributed by atoms with E-state index >= 15 is 0 Å². The number of halogens is 2. The molecule has 2 aliphatic heterocycles. The molecule has 4 heterocycles. The summed E-state index contributed by atoms with van der Waals surface area (Å²) < 4.78 is 1.77. The van der Waals surface area contributed by atoms with Crippen molar-refractivity contribution in [2.75, 3.05) is 31.1 Å². The van der Waals surface area contributed by atoms with Gasteiger partial charge in [0.05, 0.1) is 17.6 Å². The van der Waals surface area contributed by atoms with Crippen molar-refractivity contribution in [1.82, 2.24) is 30.0 Å². The second-order valence-corrected chi connectivity index (χ2v) is 8.12. The molecule has 8 nitrogen and oxygen atoms in total. The summed E-state index contributed by atoms with van der Waals surface area (Å²) in [6, 6.07) is 0.586. The number of rotatable bonds is 2. The zero-order chi connectivity index (χ0) is 18.4. The molecule has 0 aromatic carbocycles. The van der Waals surface area contributed by atoms with Crippen molar-refractivity contribution in [3.05, 3.63) is 12.5 Å². The van der Waals surface area contributed by atoms with Crippen LogP contribution in [0.4, 0.5) is 5.82 Å². The molecule has 3 atom stereocenters. The molecule has 2 saturated heterocycles. The molecule has 1 amide bonds. The summed E-state index contributed by atoms with van der Waals surface area (Å²) in [6.07, 6.45) is 9.58. The van der Waals surface area contributed by atoms with Crippen molar-refractivity contribution in [2.45, 2.75) is 44.2 Å². The Morgan fingerprint density at radius 3 is 2.62 bits per heavy atom. The normalized spacial score (nSPS) is 26.6. The van der Waals surface area contributed by atoms with E-state index in [9.17, 15) is 4.79 Å². The molecule has 1 aliphatic carbocycles. The first-order valence-electron chi connectivity index (χ1n) is 10.1. The molecule has 0 bridgehead atoms. The largest absolute Gasteiger partial charge is 0.352 e. The zero-order valence-corrected chi connectivity index (χ0v) is 18.3. The highest BCUT2D eigenvalue weighted by molar-refractivity contribution is 5.87. The molecule has 0 spiro atoms. The molecule has 2 aromatic heterocycles. The van der Waals surface area contributed by atoms with Crippen LogP contribution in [0.2, 0.25) is 0 Å². The van der Waals surface area contributed by atoms with Gasteiger partial charge in [0.25, 0.3) is 0 Å². The maximum absolute atomic E-state index is 13.0. The van der Waals surface area contributed by atoms with E-state index in [1.807, 2.05) is 18.1 Å². The summed E-state index contributed by atoms with van der Waals surface area (Å²) in [5, 5.41) is 8.89. The number of anilines is 1. The number of aryl methyl sites for hydroxylation is 1. The van der Waals surface area contributed by atoms with E-state index in [0.29, 0.717) is 17.9 Å². The van der Waals surface area contributed by atoms with Crippen LogP contribution in [0.3, 0.4) is 0 Å². The number of fused-ring (bicyclic) bond motifs is 2. The molecule has 5 rings (SSSR count). The fourth-order valence-corrected chi connectivity index (χ4v) is 5.07. The molecule has 2 aromatic rings. The lowest BCUT2D eigenvalue weighted by Gasteiger charge is -2.36. The molecule has 10 heteroatoms. The standard InChI is InChI=1S/C19H27N7O.2ClH/c1-24-17-14(11-22-24)18(21-12-20-17)25-6-8-26(9-7-25)19(27)16-10-13-4-2-3-5-15(13)23-16;;/h11-13,15-16,23H,2-10H2,1H3;2*1H. The minimum atomic E-state index is 0. The maximum Gasteiger partial charge on any atom is 0.239 e. The van der Waals surface area contributed by atoms with Gasteiger partial charge >= 0.3 is 0 Å². The number of carbonyl (C=O) groups excluding carboxylic acids is 1. The number of aromatic nitrogens is 4. The summed E-state index contributed by atoms with van der Waals surface area (Å²) in [6.45, 7) is 3.09. The maximum atomic E-state index is 13.0. The smallest absolute Gasteiger partial charge is 0.239 e. The number of carbonyl (C=O) groups is 1. The number of piperazine rings is 1. The Labute approximate surface area is 183 Å². The number of nitrogens with zero attached hydrogens (tertiary/aromatic N) is 6. The fourth-order valence-electron chi connectivity index (χ4n) is 5.07. The van der Waals surface area contributed by atoms with Crippen molar-refractivity contribution in [3.8, 4) is 0 Å². The molecular weight excluding hydrogens is 413 g/mol. The van der Waals surface area contributed by atoms with Crippen LogP contribution in [0.25, 0.3) is 11.0 Å². The van der Waals surface area contributed by atoms with E-state index in [1.165, 1.54) is 25.7 Å². The van der Waals surface area contributed by atoms with Crippen LogP contribution in [-0.4, -0.2) is 68.8 Å². The molecule has 0 radical (unpaired) electrons. The zero-order valence-electron chi connectivity index (χ0n) is 16.7. The summed E-state index contributed by atoms with van der Waals surface area (Å²) in [5.41, 5.74) is 0.844. The summed E-state index contributed by atoms with van der Waals surface area (Å²) in [5.74, 6) is 1.91. The Morgan fingerprint density at radius 1 is 1.10 bits per heavy atom. The second kappa shape index (κ2) is 9.02. The topological polar surface area (TPSA) is 79.2 Å². The van der Waals surface area contributed by atoms with Gasteiger partial charge in [-0.25, -0.2) is 9.97 Å². The predicted molar refractivity (Wildman–Crippen MR) is 117 cm³/mol. The van der Waals surface area contributed by atoms with Gasteiger partial charge in [0.1, 0.15) is 12.1 Å². The van der Waals surface area contributed by atoms with E-state index in [-0.39, 0.29) is 30.9 Å². The SMILES string of the molecule is Cl.Cl.Cn1ncc2c(N3CCN(C(=O)C4CC5CCCCC5N4)CC3)ncnc21. The summed E-state index contributed by atoms with van der Waals surface area (Å²) in [7, 11) is 1.89. The van der Waals surface area contributed by atoms with Gasteiger partial charge in [0, 0.05) is 39.3 Å². The van der Waals surface area contributed by atoms with Gasteiger partial charge in [-0.3, -0.25) is 9.48 Å². The van der Waals surface area contributed by atoms with Gasteiger partial charge in [0.15, 0.2) is 5.65 Å². The van der Waals surface area contributed by atoms with Crippen molar-refractivity contribution in [3.63, 3.8) is 0 Å². The van der Waals surface area contributed by atoms with Gasteiger partial charge in [-0.15, -0.1) is 24.8 Å². The minimum absolute atomic E-state index is 0. The van der Waals surface area contributed by atoms with E-state index in [0.717, 1.165) is 49.5 Å². The third-order valence-corrected chi connectivity index (χ3v) is 6.56. The minimum Gasteiger partial charge on any atom is -0.352 e. The monoisotopic (exact) mass is 441 g/mol. The first-order valence-corrected chi connectivity index (χ1v) is 10.1. The van der Waals surface area contributed by atoms with E-state index in [2.05, 4.69) is 25.3 Å². The first kappa shape index (κ1) is 22.1. The van der Waals surface area contributed by atoms with Gasteiger partial charge < -0.3 is 15.1 Å². The quantitative estimate of drug-likeness (QED) is 0.764. The lowest BCUT2D eigenvalue weighted by atomic mass is 9.85. The number of hydrogen-bond acceptors (Lipinski definition) is 6. The van der Waals surface area contributed by atoms with Crippen LogP contribution in [0.5, 0.6) is 0 Å². The van der Waals surface area contributed by atoms with Crippen molar-refractivity contribution in [1.29, 1.82) is 0 Å². The predicted octanol–water partition coefficient (Wildman–Crippen LogP) is 1.78. The average molecular weight is 442 g/mol. The highest BCUT2D eigenvalue weighted by Gasteiger charge is 2.40. The third-order valence-electron chi connectivity index (χ3n) is 6.56. The molecule has 160 valence electrons. The molecule has 3 unspecified atom stereocenters. The number of nitrogens with one attached hydrogen (secondary N) is 1. The molecule has 3 fully saturated rings. The number of hydrogen-bond donors (Lipinski definition) is 1. The Kier molecular flexibility index (Phi) is 6.86. The summed E-state index contributed by atoms with van der Waals surface area (Å²) >= 11 is 0. The van der Waals surface area contributed by atoms with E-state index in [1.54, 1.807) is 11.0 Å². The third kappa shape index (κ3) is 4.02. The van der Waals surface area contributed by atoms with Crippen LogP contribution >= 0.6 is 24.8 Å². The van der Waals surface area contributed by atoms with Crippen molar-refractivity contribution >= 4 is 47.6 Å². The lowest BCUT2D eigenvalue weighted by molar-refractivity contribution is -0.133. The Morgan fingerprint density at radius 2 is 1.86 bits per heavy atom. The highest BCUT2D eigenvalue weighted by atomic mass is 35.5. The Bertz CT molecular complexity index is 838. The fraction of sp³-hybridized carbons (Fsp3) is 0.684. The van der Waals surface area contributed by atoms with Gasteiger partial charge in [-0.05, 0) is 25.2 Å². The van der Waals surface area contributed by atoms with Crippen LogP contribution < -0.4 is 10.2 Å². The number of amides is 1. The molecule has 1 saturated carbocycles. The Hall–Kier alpha value is -1.64. The van der Waals surface area contributed by atoms with E-state index < -0.39 is 0 Å². The van der Waals surface area contributed by atoms with Crippen LogP contribution in [0.1, 0.15) is 32.1 Å². The highest BCUT2D eigenvalue weighted by Crippen LogP contribution is 2.34. The molecule has 1 N–H and O–H groups in total. The van der Waals surface area contributed by atoms with Crippen LogP contribution in [0.15, 0.2) is 12.5 Å².